The van der Waals surface area contributed by atoms with Crippen molar-refractivity contribution in [1.29, 1.82) is 0 Å². The Bertz CT molecular complexity index is 6830. The highest BCUT2D eigenvalue weighted by atomic mass is 16.4. The fraction of sp³-hybridized carbons (Fsp3) is 0.0291. The number of fused-ring (bicyclic) bond motifs is 14. The zero-order valence-electron chi connectivity index (χ0n) is 60.1. The number of anilines is 6. The molecule has 1 aliphatic rings. The summed E-state index contributed by atoms with van der Waals surface area (Å²) < 4.78 is 13.0. The third-order valence-electron chi connectivity index (χ3n) is 21.9. The normalized spacial score (nSPS) is 12.2. The lowest BCUT2D eigenvalue weighted by atomic mass is 9.82. The highest BCUT2D eigenvalue weighted by Crippen LogP contribution is 2.51. The average molecular weight is 1400 g/mol. The molecule has 0 amide bonds. The van der Waals surface area contributed by atoms with Crippen LogP contribution in [0.25, 0.3) is 155 Å². The lowest BCUT2D eigenvalue weighted by molar-refractivity contribution is 0.623. The topological polar surface area (TPSA) is 58.5 Å². The smallest absolute Gasteiger partial charge is 0.227 e. The molecule has 514 valence electrons. The van der Waals surface area contributed by atoms with E-state index in [0.717, 1.165) is 122 Å². The van der Waals surface area contributed by atoms with Crippen LogP contribution in [0.15, 0.2) is 397 Å². The SMILES string of the molecule is CC1(C)c2ccccc2-c2ccc(N(c3ccc(-c4ccccc4)cc3)c3ccc(-c4ccc5c(ccc6ccc7nc(-c8ccccc8)oc7c65)c4)cc3)cc21.c1ccc(-c2ccc(N(c3ccc(-c4ccc5ccc6ccc7nc(-c8ccccc8)oc7c6c5c4)cc3)c3ccc4ccccc4c3)cc2)cc1. The predicted octanol–water partition coefficient (Wildman–Crippen LogP) is 28.7. The minimum atomic E-state index is -0.0978. The number of nitrogens with zero attached hydrogens (tertiary/aromatic N) is 4. The van der Waals surface area contributed by atoms with E-state index >= 15 is 0 Å². The lowest BCUT2D eigenvalue weighted by Gasteiger charge is -2.28. The number of rotatable bonds is 12. The average Bonchev–Trinajstić information content (AvgIpc) is 1.40. The Morgan fingerprint density at radius 3 is 1.13 bits per heavy atom. The van der Waals surface area contributed by atoms with Crippen molar-refractivity contribution in [2.45, 2.75) is 19.3 Å². The summed E-state index contributed by atoms with van der Waals surface area (Å²) in [6.45, 7) is 4.69. The minimum Gasteiger partial charge on any atom is -0.435 e. The molecule has 20 aromatic rings. The van der Waals surface area contributed by atoms with Crippen molar-refractivity contribution >= 4 is 110 Å². The Kier molecular flexibility index (Phi) is 15.8. The first-order valence-corrected chi connectivity index (χ1v) is 37.2. The predicted molar refractivity (Wildman–Crippen MR) is 455 cm³/mol. The van der Waals surface area contributed by atoms with Gasteiger partial charge in [-0.2, -0.15) is 0 Å². The molecule has 0 saturated carbocycles. The van der Waals surface area contributed by atoms with Gasteiger partial charge in [-0.15, -0.1) is 0 Å². The van der Waals surface area contributed by atoms with Crippen LogP contribution in [0.1, 0.15) is 25.0 Å². The van der Waals surface area contributed by atoms with Crippen molar-refractivity contribution in [2.75, 3.05) is 9.80 Å². The Balaban J connectivity index is 0.000000144. The van der Waals surface area contributed by atoms with Gasteiger partial charge in [-0.05, 0) is 231 Å². The van der Waals surface area contributed by atoms with Gasteiger partial charge in [0.15, 0.2) is 11.2 Å². The molecule has 2 heterocycles. The maximum Gasteiger partial charge on any atom is 0.227 e. The third-order valence-corrected chi connectivity index (χ3v) is 21.9. The number of oxazole rings is 2. The van der Waals surface area contributed by atoms with Crippen LogP contribution in [-0.2, 0) is 5.41 Å². The fourth-order valence-corrected chi connectivity index (χ4v) is 16.3. The summed E-state index contributed by atoms with van der Waals surface area (Å²) in [4.78, 5) is 14.4. The monoisotopic (exact) mass is 1390 g/mol. The molecule has 0 spiro atoms. The number of hydrogen-bond donors (Lipinski definition) is 0. The summed E-state index contributed by atoms with van der Waals surface area (Å²) >= 11 is 0. The third kappa shape index (κ3) is 11.7. The van der Waals surface area contributed by atoms with Crippen molar-refractivity contribution in [1.82, 2.24) is 9.97 Å². The van der Waals surface area contributed by atoms with E-state index in [4.69, 9.17) is 18.8 Å². The second-order valence-corrected chi connectivity index (χ2v) is 28.8. The van der Waals surface area contributed by atoms with Gasteiger partial charge in [0.1, 0.15) is 11.0 Å². The number of benzene rings is 18. The highest BCUT2D eigenvalue weighted by Gasteiger charge is 2.36. The van der Waals surface area contributed by atoms with Crippen molar-refractivity contribution < 1.29 is 8.83 Å². The van der Waals surface area contributed by atoms with Crippen molar-refractivity contribution in [3.05, 3.63) is 399 Å². The molecule has 0 atom stereocenters. The van der Waals surface area contributed by atoms with E-state index in [1.807, 2.05) is 60.7 Å². The quantitative estimate of drug-likeness (QED) is 0.114. The second-order valence-electron chi connectivity index (χ2n) is 28.8. The molecule has 0 aliphatic heterocycles. The Hall–Kier alpha value is -14.2. The second kappa shape index (κ2) is 26.7. The van der Waals surface area contributed by atoms with E-state index in [9.17, 15) is 0 Å². The first kappa shape index (κ1) is 64.4. The molecule has 0 bridgehead atoms. The molecule has 0 radical (unpaired) electrons. The van der Waals surface area contributed by atoms with Gasteiger partial charge in [-0.25, -0.2) is 9.97 Å². The Labute approximate surface area is 632 Å². The van der Waals surface area contributed by atoms with Gasteiger partial charge >= 0.3 is 0 Å². The molecule has 0 N–H and O–H groups in total. The van der Waals surface area contributed by atoms with E-state index in [2.05, 4.69) is 351 Å². The molecule has 6 heteroatoms. The summed E-state index contributed by atoms with van der Waals surface area (Å²) in [7, 11) is 0. The maximum atomic E-state index is 6.49. The summed E-state index contributed by atoms with van der Waals surface area (Å²) in [6, 6.07) is 139. The summed E-state index contributed by atoms with van der Waals surface area (Å²) in [5, 5.41) is 11.5. The molecule has 109 heavy (non-hydrogen) atoms. The standard InChI is InChI=1S/C54H38N2O.C49H32N2O/c1-54(2)48-16-10-9-15-46(48)47-31-29-44(34-49(47)54)56(42-25-19-36(20-26-42)35-11-5-3-6-12-35)43-27-21-37(22-28-43)40-23-30-45-41(33-40)18-17-38-24-32-50-52(51(38)45)57-53(55-50)39-13-7-4-8-14-39;1-3-9-33(10-4-1)35-19-25-42(26-20-35)51(44-29-23-34-11-7-8-14-40(34)31-44)43-27-21-36(22-28-43)41-18-16-37-15-17-38-24-30-46-48(47(38)45(37)32-41)52-49(50-46)39-12-5-2-6-13-39/h3-34H,1-2H3;1-32H. The summed E-state index contributed by atoms with van der Waals surface area (Å²) in [6.07, 6.45) is 0. The molecule has 0 saturated heterocycles. The molecule has 2 aromatic heterocycles. The van der Waals surface area contributed by atoms with Crippen LogP contribution in [0, 0.1) is 0 Å². The molecule has 1 aliphatic carbocycles. The van der Waals surface area contributed by atoms with Gasteiger partial charge in [0, 0.05) is 61.4 Å². The van der Waals surface area contributed by atoms with E-state index < -0.39 is 0 Å². The number of hydrogen-bond acceptors (Lipinski definition) is 6. The van der Waals surface area contributed by atoms with Gasteiger partial charge in [0.25, 0.3) is 0 Å². The van der Waals surface area contributed by atoms with E-state index in [0.29, 0.717) is 11.8 Å². The van der Waals surface area contributed by atoms with E-state index in [1.54, 1.807) is 0 Å². The summed E-state index contributed by atoms with van der Waals surface area (Å²) in [5.41, 5.74) is 26.7. The van der Waals surface area contributed by atoms with Gasteiger partial charge in [0.2, 0.25) is 11.8 Å². The van der Waals surface area contributed by atoms with Crippen molar-refractivity contribution in [3.8, 4) is 78.5 Å². The van der Waals surface area contributed by atoms with E-state index in [1.165, 1.54) is 66.2 Å². The lowest BCUT2D eigenvalue weighted by Crippen LogP contribution is -2.16. The van der Waals surface area contributed by atoms with Crippen LogP contribution in [0.2, 0.25) is 0 Å². The van der Waals surface area contributed by atoms with Crippen LogP contribution < -0.4 is 9.80 Å². The first-order chi connectivity index (χ1) is 53.7. The van der Waals surface area contributed by atoms with Gasteiger partial charge in [-0.3, -0.25) is 0 Å². The molecular formula is C103H70N4O2. The Morgan fingerprint density at radius 2 is 0.587 bits per heavy atom. The van der Waals surface area contributed by atoms with Crippen LogP contribution >= 0.6 is 0 Å². The van der Waals surface area contributed by atoms with Gasteiger partial charge in [-0.1, -0.05) is 281 Å². The first-order valence-electron chi connectivity index (χ1n) is 37.2. The van der Waals surface area contributed by atoms with Crippen LogP contribution in [0.5, 0.6) is 0 Å². The molecule has 0 fully saturated rings. The van der Waals surface area contributed by atoms with Gasteiger partial charge < -0.3 is 18.6 Å². The van der Waals surface area contributed by atoms with Crippen LogP contribution in [-0.4, -0.2) is 9.97 Å². The van der Waals surface area contributed by atoms with Crippen molar-refractivity contribution in [3.63, 3.8) is 0 Å². The Morgan fingerprint density at radius 1 is 0.229 bits per heavy atom. The minimum absolute atomic E-state index is 0.0978. The largest absolute Gasteiger partial charge is 0.435 e. The highest BCUT2D eigenvalue weighted by molar-refractivity contribution is 6.20. The summed E-state index contributed by atoms with van der Waals surface area (Å²) in [5.74, 6) is 1.28. The zero-order valence-corrected chi connectivity index (χ0v) is 60.1. The number of aromatic nitrogens is 2. The van der Waals surface area contributed by atoms with Gasteiger partial charge in [0.05, 0.1) is 0 Å². The fourth-order valence-electron chi connectivity index (χ4n) is 16.3. The van der Waals surface area contributed by atoms with Crippen molar-refractivity contribution in [2.24, 2.45) is 0 Å². The molecular weight excluding hydrogens is 1330 g/mol. The zero-order chi connectivity index (χ0) is 72.5. The van der Waals surface area contributed by atoms with E-state index in [-0.39, 0.29) is 5.41 Å². The maximum absolute atomic E-state index is 6.49. The molecule has 6 nitrogen and oxygen atoms in total. The molecule has 18 aromatic carbocycles. The van der Waals surface area contributed by atoms with Crippen LogP contribution in [0.4, 0.5) is 34.1 Å². The molecule has 0 unspecified atom stereocenters. The van der Waals surface area contributed by atoms with Crippen LogP contribution in [0.3, 0.4) is 0 Å². The molecule has 21 rings (SSSR count).